The highest BCUT2D eigenvalue weighted by Gasteiger charge is 2.17. The van der Waals surface area contributed by atoms with Crippen molar-refractivity contribution < 1.29 is 14.3 Å². The largest absolute Gasteiger partial charge is 0.488 e. The summed E-state index contributed by atoms with van der Waals surface area (Å²) in [6.07, 6.45) is 0.670. The molecule has 21 heavy (non-hydrogen) atoms. The zero-order chi connectivity index (χ0) is 14.5. The van der Waals surface area contributed by atoms with Crippen molar-refractivity contribution in [1.29, 1.82) is 0 Å². The Morgan fingerprint density at radius 2 is 1.86 bits per heavy atom. The second kappa shape index (κ2) is 7.86. The van der Waals surface area contributed by atoms with Gasteiger partial charge in [-0.3, -0.25) is 0 Å². The molecular formula is C16H20ClNO3. The first-order valence-electron chi connectivity index (χ1n) is 6.67. The van der Waals surface area contributed by atoms with E-state index in [0.717, 1.165) is 17.2 Å². The number of hydrogen-bond acceptors (Lipinski definition) is 4. The van der Waals surface area contributed by atoms with Crippen LogP contribution < -0.4 is 10.5 Å². The summed E-state index contributed by atoms with van der Waals surface area (Å²) in [5, 5.41) is 1.99. The molecule has 0 aromatic heterocycles. The summed E-state index contributed by atoms with van der Waals surface area (Å²) in [6.45, 7) is 2.40. The summed E-state index contributed by atoms with van der Waals surface area (Å²) < 4.78 is 10.7. The molecule has 0 amide bonds. The second-order valence-electron chi connectivity index (χ2n) is 4.57. The van der Waals surface area contributed by atoms with E-state index >= 15 is 0 Å². The van der Waals surface area contributed by atoms with E-state index in [9.17, 15) is 4.79 Å². The third-order valence-corrected chi connectivity index (χ3v) is 3.27. The van der Waals surface area contributed by atoms with Gasteiger partial charge in [0, 0.05) is 6.54 Å². The molecule has 0 aliphatic rings. The predicted octanol–water partition coefficient (Wildman–Crippen LogP) is 3.16. The zero-order valence-electron chi connectivity index (χ0n) is 12.2. The molecule has 0 aliphatic heterocycles. The highest BCUT2D eigenvalue weighted by molar-refractivity contribution is 5.98. The van der Waals surface area contributed by atoms with E-state index in [-0.39, 0.29) is 18.5 Å². The normalized spacial score (nSPS) is 11.6. The molecule has 1 unspecified atom stereocenters. The molecule has 2 N–H and O–H groups in total. The fraction of sp³-hybridized carbons (Fsp3) is 0.312. The molecule has 114 valence electrons. The Labute approximate surface area is 130 Å². The van der Waals surface area contributed by atoms with Gasteiger partial charge in [0.25, 0.3) is 0 Å². The van der Waals surface area contributed by atoms with E-state index in [1.807, 2.05) is 37.3 Å². The van der Waals surface area contributed by atoms with Gasteiger partial charge in [-0.1, -0.05) is 31.2 Å². The maximum absolute atomic E-state index is 11.9. The number of ether oxygens (including phenoxy) is 2. The van der Waals surface area contributed by atoms with E-state index in [1.54, 1.807) is 6.07 Å². The van der Waals surface area contributed by atoms with Gasteiger partial charge < -0.3 is 15.2 Å². The third-order valence-electron chi connectivity index (χ3n) is 3.27. The van der Waals surface area contributed by atoms with Crippen LogP contribution in [0.15, 0.2) is 36.4 Å². The number of benzene rings is 2. The van der Waals surface area contributed by atoms with Crippen molar-refractivity contribution in [2.45, 2.75) is 19.4 Å². The van der Waals surface area contributed by atoms with Gasteiger partial charge in [-0.15, -0.1) is 12.4 Å². The fourth-order valence-corrected chi connectivity index (χ4v) is 2.06. The minimum absolute atomic E-state index is 0. The van der Waals surface area contributed by atoms with Crippen LogP contribution in [0.2, 0.25) is 0 Å². The van der Waals surface area contributed by atoms with Crippen molar-refractivity contribution in [3.05, 3.63) is 42.0 Å². The van der Waals surface area contributed by atoms with E-state index in [1.165, 1.54) is 7.11 Å². The number of carbonyl (C=O) groups excluding carboxylic acids is 1. The van der Waals surface area contributed by atoms with E-state index in [0.29, 0.717) is 17.9 Å². The summed E-state index contributed by atoms with van der Waals surface area (Å²) in [6, 6.07) is 11.5. The molecule has 0 aliphatic carbocycles. The summed E-state index contributed by atoms with van der Waals surface area (Å²) in [5.74, 6) is 0.116. The van der Waals surface area contributed by atoms with Crippen molar-refractivity contribution in [1.82, 2.24) is 0 Å². The standard InChI is InChI=1S/C16H19NO3.ClH/c1-3-13(10-17)20-15-9-12-7-5-4-6-11(12)8-14(15)16(18)19-2;/h4-9,13H,3,10,17H2,1-2H3;1H. The lowest BCUT2D eigenvalue weighted by atomic mass is 10.1. The van der Waals surface area contributed by atoms with Crippen LogP contribution in [0.4, 0.5) is 0 Å². The number of fused-ring (bicyclic) bond motifs is 1. The minimum atomic E-state index is -0.405. The van der Waals surface area contributed by atoms with Crippen LogP contribution in [0.25, 0.3) is 10.8 Å². The Bertz CT molecular complexity index is 611. The lowest BCUT2D eigenvalue weighted by molar-refractivity contribution is 0.0593. The lowest BCUT2D eigenvalue weighted by Crippen LogP contribution is -2.26. The first-order valence-corrected chi connectivity index (χ1v) is 6.67. The molecule has 0 bridgehead atoms. The van der Waals surface area contributed by atoms with Gasteiger partial charge in [-0.25, -0.2) is 4.79 Å². The molecule has 2 aromatic rings. The summed E-state index contributed by atoms with van der Waals surface area (Å²) in [5.41, 5.74) is 6.09. The van der Waals surface area contributed by atoms with Gasteiger partial charge >= 0.3 is 5.97 Å². The maximum Gasteiger partial charge on any atom is 0.341 e. The molecular weight excluding hydrogens is 290 g/mol. The number of esters is 1. The number of methoxy groups -OCH3 is 1. The molecule has 2 rings (SSSR count). The van der Waals surface area contributed by atoms with Crippen LogP contribution in [0.3, 0.4) is 0 Å². The lowest BCUT2D eigenvalue weighted by Gasteiger charge is -2.18. The van der Waals surface area contributed by atoms with Crippen LogP contribution in [0, 0.1) is 0 Å². The van der Waals surface area contributed by atoms with Crippen LogP contribution in [-0.2, 0) is 4.74 Å². The Morgan fingerprint density at radius 1 is 1.24 bits per heavy atom. The number of carbonyl (C=O) groups is 1. The maximum atomic E-state index is 11.9. The molecule has 0 heterocycles. The van der Waals surface area contributed by atoms with Gasteiger partial charge in [0.1, 0.15) is 17.4 Å². The molecule has 1 atom stereocenters. The Kier molecular flexibility index (Phi) is 6.46. The van der Waals surface area contributed by atoms with Crippen molar-refractivity contribution in [3.63, 3.8) is 0 Å². The molecule has 0 radical (unpaired) electrons. The van der Waals surface area contributed by atoms with E-state index in [2.05, 4.69) is 0 Å². The number of rotatable bonds is 5. The number of halogens is 1. The summed E-state index contributed by atoms with van der Waals surface area (Å²) in [4.78, 5) is 11.9. The van der Waals surface area contributed by atoms with Gasteiger partial charge in [0.05, 0.1) is 7.11 Å². The van der Waals surface area contributed by atoms with Gasteiger partial charge in [-0.2, -0.15) is 0 Å². The summed E-state index contributed by atoms with van der Waals surface area (Å²) >= 11 is 0. The number of hydrogen-bond donors (Lipinski definition) is 1. The Morgan fingerprint density at radius 3 is 2.38 bits per heavy atom. The molecule has 5 heteroatoms. The van der Waals surface area contributed by atoms with Crippen molar-refractivity contribution in [2.24, 2.45) is 5.73 Å². The van der Waals surface area contributed by atoms with E-state index in [4.69, 9.17) is 15.2 Å². The van der Waals surface area contributed by atoms with Crippen molar-refractivity contribution in [2.75, 3.05) is 13.7 Å². The second-order valence-corrected chi connectivity index (χ2v) is 4.57. The average Bonchev–Trinajstić information content (AvgIpc) is 2.50. The quantitative estimate of drug-likeness (QED) is 0.862. The highest BCUT2D eigenvalue weighted by atomic mass is 35.5. The third kappa shape index (κ3) is 3.86. The van der Waals surface area contributed by atoms with Crippen LogP contribution in [0.1, 0.15) is 23.7 Å². The molecule has 0 spiro atoms. The van der Waals surface area contributed by atoms with Crippen molar-refractivity contribution in [3.8, 4) is 5.75 Å². The van der Waals surface area contributed by atoms with Gasteiger partial charge in [-0.05, 0) is 29.3 Å². The minimum Gasteiger partial charge on any atom is -0.488 e. The fourth-order valence-electron chi connectivity index (χ4n) is 2.06. The molecule has 0 saturated heterocycles. The Balaban J connectivity index is 0.00000220. The van der Waals surface area contributed by atoms with Gasteiger partial charge in [0.15, 0.2) is 0 Å². The van der Waals surface area contributed by atoms with Crippen LogP contribution >= 0.6 is 12.4 Å². The molecule has 0 saturated carbocycles. The Hall–Kier alpha value is -1.78. The smallest absolute Gasteiger partial charge is 0.341 e. The predicted molar refractivity (Wildman–Crippen MR) is 86.3 cm³/mol. The molecule has 0 fully saturated rings. The van der Waals surface area contributed by atoms with Crippen molar-refractivity contribution >= 4 is 29.1 Å². The van der Waals surface area contributed by atoms with Crippen LogP contribution in [-0.4, -0.2) is 25.7 Å². The SMILES string of the molecule is CCC(CN)Oc1cc2ccccc2cc1C(=O)OC.Cl. The first kappa shape index (κ1) is 17.3. The monoisotopic (exact) mass is 309 g/mol. The molecule has 2 aromatic carbocycles. The van der Waals surface area contributed by atoms with Crippen LogP contribution in [0.5, 0.6) is 5.75 Å². The molecule has 4 nitrogen and oxygen atoms in total. The van der Waals surface area contributed by atoms with Gasteiger partial charge in [0.2, 0.25) is 0 Å². The summed E-state index contributed by atoms with van der Waals surface area (Å²) in [7, 11) is 1.36. The highest BCUT2D eigenvalue weighted by Crippen LogP contribution is 2.27. The first-order chi connectivity index (χ1) is 9.69. The zero-order valence-corrected chi connectivity index (χ0v) is 13.0. The average molecular weight is 310 g/mol. The van der Waals surface area contributed by atoms with E-state index < -0.39 is 5.97 Å². The topological polar surface area (TPSA) is 61.5 Å². The number of nitrogens with two attached hydrogens (primary N) is 1.